The van der Waals surface area contributed by atoms with Crippen molar-refractivity contribution < 1.29 is 18.0 Å². The van der Waals surface area contributed by atoms with Crippen LogP contribution in [0.4, 0.5) is 13.2 Å². The van der Waals surface area contributed by atoms with E-state index in [1.807, 2.05) is 30.3 Å². The van der Waals surface area contributed by atoms with Gasteiger partial charge in [-0.15, -0.1) is 0 Å². The van der Waals surface area contributed by atoms with Gasteiger partial charge in [0.15, 0.2) is 0 Å². The summed E-state index contributed by atoms with van der Waals surface area (Å²) in [5.41, 5.74) is 1.30. The van der Waals surface area contributed by atoms with E-state index in [0.29, 0.717) is 13.0 Å². The molecule has 2 unspecified atom stereocenters. The van der Waals surface area contributed by atoms with Crippen molar-refractivity contribution in [3.63, 3.8) is 0 Å². The van der Waals surface area contributed by atoms with Gasteiger partial charge in [-0.3, -0.25) is 4.79 Å². The van der Waals surface area contributed by atoms with Crippen LogP contribution in [0.5, 0.6) is 0 Å². The molecule has 0 aromatic heterocycles. The minimum absolute atomic E-state index is 0.0178. The van der Waals surface area contributed by atoms with Gasteiger partial charge in [-0.25, -0.2) is 0 Å². The van der Waals surface area contributed by atoms with E-state index in [4.69, 9.17) is 0 Å². The van der Waals surface area contributed by atoms with E-state index >= 15 is 0 Å². The van der Waals surface area contributed by atoms with E-state index < -0.39 is 11.7 Å². The molecule has 1 aliphatic carbocycles. The van der Waals surface area contributed by atoms with Gasteiger partial charge in [0, 0.05) is 12.5 Å². The third kappa shape index (κ3) is 3.96. The molecule has 126 valence electrons. The van der Waals surface area contributed by atoms with Gasteiger partial charge in [0.05, 0.1) is 5.56 Å². The molecule has 0 spiro atoms. The van der Waals surface area contributed by atoms with Gasteiger partial charge in [0.1, 0.15) is 0 Å². The second kappa shape index (κ2) is 6.67. The highest BCUT2D eigenvalue weighted by atomic mass is 19.4. The Bertz CT molecular complexity index is 695. The summed E-state index contributed by atoms with van der Waals surface area (Å²) in [5.74, 6) is -0.114. The lowest BCUT2D eigenvalue weighted by molar-refractivity contribution is -0.137. The molecule has 0 saturated heterocycles. The molecule has 2 aromatic rings. The highest BCUT2D eigenvalue weighted by Gasteiger charge is 2.44. The summed E-state index contributed by atoms with van der Waals surface area (Å²) in [7, 11) is 0. The summed E-state index contributed by atoms with van der Waals surface area (Å²) in [6.07, 6.45) is -2.86. The van der Waals surface area contributed by atoms with E-state index in [2.05, 4.69) is 5.32 Å². The minimum atomic E-state index is -4.32. The van der Waals surface area contributed by atoms with Crippen LogP contribution in [0.25, 0.3) is 0 Å². The van der Waals surface area contributed by atoms with E-state index in [1.54, 1.807) is 0 Å². The van der Waals surface area contributed by atoms with Crippen molar-refractivity contribution in [1.82, 2.24) is 5.32 Å². The SMILES string of the molecule is O=C(NCCc1ccccc1)C1CC1c1ccc(C(F)(F)F)cc1. The minimum Gasteiger partial charge on any atom is -0.356 e. The first-order valence-corrected chi connectivity index (χ1v) is 7.94. The predicted molar refractivity (Wildman–Crippen MR) is 85.4 cm³/mol. The van der Waals surface area contributed by atoms with Crippen LogP contribution in [0.2, 0.25) is 0 Å². The number of carbonyl (C=O) groups is 1. The standard InChI is InChI=1S/C19H18F3NO/c20-19(21,22)15-8-6-14(7-9-15)16-12-17(16)18(24)23-11-10-13-4-2-1-3-5-13/h1-9,16-17H,10-12H2,(H,23,24). The van der Waals surface area contributed by atoms with Crippen molar-refractivity contribution in [3.05, 3.63) is 71.3 Å². The number of alkyl halides is 3. The molecule has 5 heteroatoms. The first kappa shape index (κ1) is 16.6. The molecule has 1 aliphatic rings. The van der Waals surface area contributed by atoms with Crippen LogP contribution in [0.3, 0.4) is 0 Å². The van der Waals surface area contributed by atoms with E-state index in [9.17, 15) is 18.0 Å². The number of carbonyl (C=O) groups excluding carboxylic acids is 1. The fourth-order valence-corrected chi connectivity index (χ4v) is 2.88. The van der Waals surface area contributed by atoms with Gasteiger partial charge in [-0.2, -0.15) is 13.2 Å². The molecule has 3 rings (SSSR count). The lowest BCUT2D eigenvalue weighted by atomic mass is 10.1. The van der Waals surface area contributed by atoms with Crippen molar-refractivity contribution >= 4 is 5.91 Å². The number of amides is 1. The van der Waals surface area contributed by atoms with Crippen molar-refractivity contribution in [2.45, 2.75) is 24.9 Å². The molecule has 1 fully saturated rings. The van der Waals surface area contributed by atoms with Gasteiger partial charge >= 0.3 is 6.18 Å². The molecule has 0 heterocycles. The fourth-order valence-electron chi connectivity index (χ4n) is 2.88. The topological polar surface area (TPSA) is 29.1 Å². The van der Waals surface area contributed by atoms with E-state index in [-0.39, 0.29) is 17.7 Å². The normalized spacial score (nSPS) is 19.8. The maximum atomic E-state index is 12.6. The Hall–Kier alpha value is -2.30. The van der Waals surface area contributed by atoms with Crippen LogP contribution >= 0.6 is 0 Å². The number of hydrogen-bond donors (Lipinski definition) is 1. The van der Waals surface area contributed by atoms with Crippen LogP contribution < -0.4 is 5.32 Å². The summed E-state index contributed by atoms with van der Waals surface area (Å²) < 4.78 is 37.7. The van der Waals surface area contributed by atoms with Crippen LogP contribution in [-0.2, 0) is 17.4 Å². The lowest BCUT2D eigenvalue weighted by Crippen LogP contribution is -2.27. The monoisotopic (exact) mass is 333 g/mol. The van der Waals surface area contributed by atoms with Crippen molar-refractivity contribution in [1.29, 1.82) is 0 Å². The first-order chi connectivity index (χ1) is 11.4. The van der Waals surface area contributed by atoms with Gasteiger partial charge in [-0.05, 0) is 42.0 Å². The second-order valence-corrected chi connectivity index (χ2v) is 6.10. The Morgan fingerprint density at radius 2 is 1.71 bits per heavy atom. The van der Waals surface area contributed by atoms with Gasteiger partial charge in [0.2, 0.25) is 5.91 Å². The summed E-state index contributed by atoms with van der Waals surface area (Å²) >= 11 is 0. The average Bonchev–Trinajstić information content (AvgIpc) is 3.36. The molecule has 1 N–H and O–H groups in total. The van der Waals surface area contributed by atoms with Crippen LogP contribution in [0, 0.1) is 5.92 Å². The number of hydrogen-bond acceptors (Lipinski definition) is 1. The maximum absolute atomic E-state index is 12.6. The number of nitrogens with one attached hydrogen (secondary N) is 1. The molecule has 2 atom stereocenters. The molecular weight excluding hydrogens is 315 g/mol. The molecule has 2 nitrogen and oxygen atoms in total. The Morgan fingerprint density at radius 1 is 1.04 bits per heavy atom. The largest absolute Gasteiger partial charge is 0.416 e. The van der Waals surface area contributed by atoms with Crippen molar-refractivity contribution in [2.75, 3.05) is 6.54 Å². The maximum Gasteiger partial charge on any atom is 0.416 e. The quantitative estimate of drug-likeness (QED) is 0.874. The molecule has 0 bridgehead atoms. The zero-order chi connectivity index (χ0) is 17.2. The van der Waals surface area contributed by atoms with Crippen molar-refractivity contribution in [3.8, 4) is 0 Å². The predicted octanol–water partition coefficient (Wildman–Crippen LogP) is 4.17. The van der Waals surface area contributed by atoms with Gasteiger partial charge in [-0.1, -0.05) is 42.5 Å². The zero-order valence-corrected chi connectivity index (χ0v) is 13.0. The van der Waals surface area contributed by atoms with E-state index in [1.165, 1.54) is 12.1 Å². The Kier molecular flexibility index (Phi) is 4.60. The van der Waals surface area contributed by atoms with Gasteiger partial charge < -0.3 is 5.32 Å². The van der Waals surface area contributed by atoms with Crippen LogP contribution in [0.1, 0.15) is 29.0 Å². The highest BCUT2D eigenvalue weighted by molar-refractivity contribution is 5.82. The molecule has 0 aliphatic heterocycles. The third-order valence-electron chi connectivity index (χ3n) is 4.35. The Morgan fingerprint density at radius 3 is 2.33 bits per heavy atom. The smallest absolute Gasteiger partial charge is 0.356 e. The van der Waals surface area contributed by atoms with Crippen molar-refractivity contribution in [2.24, 2.45) is 5.92 Å². The van der Waals surface area contributed by atoms with Crippen LogP contribution in [0.15, 0.2) is 54.6 Å². The highest BCUT2D eigenvalue weighted by Crippen LogP contribution is 2.47. The zero-order valence-electron chi connectivity index (χ0n) is 13.0. The lowest BCUT2D eigenvalue weighted by Gasteiger charge is -2.08. The Balaban J connectivity index is 1.49. The van der Waals surface area contributed by atoms with Crippen LogP contribution in [-0.4, -0.2) is 12.5 Å². The number of rotatable bonds is 5. The fraction of sp³-hybridized carbons (Fsp3) is 0.316. The van der Waals surface area contributed by atoms with Gasteiger partial charge in [0.25, 0.3) is 0 Å². The summed E-state index contributed by atoms with van der Waals surface area (Å²) in [6.45, 7) is 0.569. The molecule has 24 heavy (non-hydrogen) atoms. The first-order valence-electron chi connectivity index (χ1n) is 7.94. The summed E-state index contributed by atoms with van der Waals surface area (Å²) in [6, 6.07) is 15.0. The van der Waals surface area contributed by atoms with E-state index in [0.717, 1.165) is 29.7 Å². The molecule has 1 amide bonds. The number of halogens is 3. The molecular formula is C19H18F3NO. The molecule has 1 saturated carbocycles. The number of benzene rings is 2. The average molecular weight is 333 g/mol. The second-order valence-electron chi connectivity index (χ2n) is 6.10. The summed E-state index contributed by atoms with van der Waals surface area (Å²) in [5, 5.41) is 2.91. The molecule has 2 aromatic carbocycles. The third-order valence-corrected chi connectivity index (χ3v) is 4.35. The molecule has 0 radical (unpaired) electrons. The summed E-state index contributed by atoms with van der Waals surface area (Å²) in [4.78, 5) is 12.1. The Labute approximate surface area is 138 Å².